The van der Waals surface area contributed by atoms with Crippen LogP contribution in [0.5, 0.6) is 0 Å². The molecule has 0 radical (unpaired) electrons. The largest absolute Gasteiger partial charge is 0.368 e. The third-order valence-electron chi connectivity index (χ3n) is 1.82. The van der Waals surface area contributed by atoms with Gasteiger partial charge < -0.3 is 10.6 Å². The minimum atomic E-state index is -0.721. The lowest BCUT2D eigenvalue weighted by Gasteiger charge is -2.35. The van der Waals surface area contributed by atoms with Gasteiger partial charge >= 0.3 is 0 Å². The number of rotatable bonds is 1. The fourth-order valence-electron chi connectivity index (χ4n) is 1.15. The average Bonchev–Trinajstić information content (AvgIpc) is 1.99. The minimum Gasteiger partial charge on any atom is -0.368 e. The van der Waals surface area contributed by atoms with Crippen LogP contribution in [0.4, 0.5) is 16.2 Å². The summed E-state index contributed by atoms with van der Waals surface area (Å²) in [6, 6.07) is 1.72. The summed E-state index contributed by atoms with van der Waals surface area (Å²) in [5.41, 5.74) is 5.37. The van der Waals surface area contributed by atoms with Crippen LogP contribution in [-0.4, -0.2) is 29.2 Å². The highest BCUT2D eigenvalue weighted by atomic mass is 19.1. The van der Waals surface area contributed by atoms with Crippen molar-refractivity contribution in [3.8, 4) is 0 Å². The van der Waals surface area contributed by atoms with Gasteiger partial charge in [0.05, 0.1) is 13.1 Å². The van der Waals surface area contributed by atoms with Gasteiger partial charge in [-0.1, -0.05) is 0 Å². The van der Waals surface area contributed by atoms with E-state index in [9.17, 15) is 4.39 Å². The van der Waals surface area contributed by atoms with Gasteiger partial charge in [0.2, 0.25) is 5.95 Å². The van der Waals surface area contributed by atoms with Crippen molar-refractivity contribution in [2.24, 2.45) is 0 Å². The van der Waals surface area contributed by atoms with Gasteiger partial charge in [0, 0.05) is 6.20 Å². The van der Waals surface area contributed by atoms with Gasteiger partial charge in [0.15, 0.2) is 0 Å². The summed E-state index contributed by atoms with van der Waals surface area (Å²) in [5.74, 6) is 0.936. The van der Waals surface area contributed by atoms with Crippen LogP contribution in [0.2, 0.25) is 0 Å². The van der Waals surface area contributed by atoms with Crippen LogP contribution in [0.1, 0.15) is 0 Å². The van der Waals surface area contributed by atoms with Crippen molar-refractivity contribution in [1.29, 1.82) is 0 Å². The maximum absolute atomic E-state index is 12.4. The highest BCUT2D eigenvalue weighted by Crippen LogP contribution is 2.19. The van der Waals surface area contributed by atoms with Crippen LogP contribution in [0.15, 0.2) is 12.3 Å². The Morgan fingerprint density at radius 3 is 2.92 bits per heavy atom. The fraction of sp³-hybridized carbons (Fsp3) is 0.429. The number of hydrogen-bond donors (Lipinski definition) is 1. The smallest absolute Gasteiger partial charge is 0.221 e. The van der Waals surface area contributed by atoms with Crippen molar-refractivity contribution in [2.45, 2.75) is 6.17 Å². The van der Waals surface area contributed by atoms with Gasteiger partial charge in [-0.25, -0.2) is 9.37 Å². The predicted octanol–water partition coefficient (Wildman–Crippen LogP) is 0.217. The number of nitrogen functional groups attached to an aromatic ring is 1. The Balaban J connectivity index is 2.13. The topological polar surface area (TPSA) is 55.0 Å². The Morgan fingerprint density at radius 2 is 2.33 bits per heavy atom. The quantitative estimate of drug-likeness (QED) is 0.651. The van der Waals surface area contributed by atoms with E-state index < -0.39 is 6.17 Å². The molecule has 4 nitrogen and oxygen atoms in total. The van der Waals surface area contributed by atoms with Crippen molar-refractivity contribution in [3.05, 3.63) is 12.3 Å². The molecule has 0 unspecified atom stereocenters. The van der Waals surface area contributed by atoms with Crippen molar-refractivity contribution in [1.82, 2.24) is 9.97 Å². The molecule has 0 aromatic carbocycles. The minimum absolute atomic E-state index is 0.231. The first kappa shape index (κ1) is 7.27. The molecule has 64 valence electrons. The summed E-state index contributed by atoms with van der Waals surface area (Å²) < 4.78 is 12.4. The molecule has 5 heteroatoms. The Morgan fingerprint density at radius 1 is 1.58 bits per heavy atom. The summed E-state index contributed by atoms with van der Waals surface area (Å²) in [6.07, 6.45) is 0.852. The van der Waals surface area contributed by atoms with Crippen LogP contribution >= 0.6 is 0 Å². The molecule has 0 aliphatic carbocycles. The summed E-state index contributed by atoms with van der Waals surface area (Å²) in [7, 11) is 0. The van der Waals surface area contributed by atoms with Crippen LogP contribution in [-0.2, 0) is 0 Å². The second kappa shape index (κ2) is 2.58. The van der Waals surface area contributed by atoms with Crippen LogP contribution in [0, 0.1) is 0 Å². The van der Waals surface area contributed by atoms with E-state index in [1.54, 1.807) is 12.3 Å². The first-order chi connectivity index (χ1) is 5.75. The molecule has 1 aromatic heterocycles. The van der Waals surface area contributed by atoms with Crippen molar-refractivity contribution >= 4 is 11.8 Å². The molecular weight excluding hydrogens is 159 g/mol. The standard InChI is InChI=1S/C7H9FN4/c8-5-3-12(4-5)6-1-2-10-7(9)11-6/h1-2,5H,3-4H2,(H2,9,10,11). The molecule has 2 heterocycles. The highest BCUT2D eigenvalue weighted by molar-refractivity contribution is 5.43. The predicted molar refractivity (Wildman–Crippen MR) is 43.6 cm³/mol. The van der Waals surface area contributed by atoms with Gasteiger partial charge in [0.1, 0.15) is 12.0 Å². The first-order valence-electron chi connectivity index (χ1n) is 3.73. The van der Waals surface area contributed by atoms with Crippen LogP contribution in [0.3, 0.4) is 0 Å². The Kier molecular flexibility index (Phi) is 1.56. The lowest BCUT2D eigenvalue weighted by molar-refractivity contribution is 0.273. The summed E-state index contributed by atoms with van der Waals surface area (Å²) in [5, 5.41) is 0. The number of hydrogen-bond acceptors (Lipinski definition) is 4. The molecule has 0 amide bonds. The number of nitrogens with zero attached hydrogens (tertiary/aromatic N) is 3. The summed E-state index contributed by atoms with van der Waals surface area (Å²) >= 11 is 0. The third kappa shape index (κ3) is 1.17. The van der Waals surface area contributed by atoms with Crippen LogP contribution < -0.4 is 10.6 Å². The zero-order chi connectivity index (χ0) is 8.55. The van der Waals surface area contributed by atoms with Gasteiger partial charge in [-0.3, -0.25) is 0 Å². The molecule has 0 saturated carbocycles. The fourth-order valence-corrected chi connectivity index (χ4v) is 1.15. The molecule has 12 heavy (non-hydrogen) atoms. The summed E-state index contributed by atoms with van der Waals surface area (Å²) in [6.45, 7) is 0.826. The zero-order valence-corrected chi connectivity index (χ0v) is 6.44. The maximum Gasteiger partial charge on any atom is 0.221 e. The third-order valence-corrected chi connectivity index (χ3v) is 1.82. The lowest BCUT2D eigenvalue weighted by Crippen LogP contribution is -2.48. The molecule has 0 spiro atoms. The highest BCUT2D eigenvalue weighted by Gasteiger charge is 2.27. The van der Waals surface area contributed by atoms with Crippen molar-refractivity contribution in [2.75, 3.05) is 23.7 Å². The van der Waals surface area contributed by atoms with Crippen LogP contribution in [0.25, 0.3) is 0 Å². The molecule has 1 aromatic rings. The van der Waals surface area contributed by atoms with E-state index in [2.05, 4.69) is 9.97 Å². The maximum atomic E-state index is 12.4. The van der Waals surface area contributed by atoms with E-state index in [4.69, 9.17) is 5.73 Å². The Bertz CT molecular complexity index is 284. The molecule has 1 saturated heterocycles. The average molecular weight is 168 g/mol. The number of nitrogens with two attached hydrogens (primary N) is 1. The second-order valence-electron chi connectivity index (χ2n) is 2.78. The molecule has 2 rings (SSSR count). The van der Waals surface area contributed by atoms with Crippen molar-refractivity contribution in [3.63, 3.8) is 0 Å². The molecule has 0 bridgehead atoms. The molecule has 1 fully saturated rings. The summed E-state index contributed by atoms with van der Waals surface area (Å²) in [4.78, 5) is 9.52. The lowest BCUT2D eigenvalue weighted by atomic mass is 10.2. The molecule has 0 atom stereocenters. The van der Waals surface area contributed by atoms with Crippen molar-refractivity contribution < 1.29 is 4.39 Å². The Hall–Kier alpha value is -1.39. The van der Waals surface area contributed by atoms with Gasteiger partial charge in [-0.15, -0.1) is 0 Å². The first-order valence-corrected chi connectivity index (χ1v) is 3.73. The van der Waals surface area contributed by atoms with Gasteiger partial charge in [-0.05, 0) is 6.07 Å². The molecule has 2 N–H and O–H groups in total. The molecule has 1 aliphatic rings. The van der Waals surface area contributed by atoms with E-state index in [0.29, 0.717) is 18.9 Å². The van der Waals surface area contributed by atoms with E-state index in [0.717, 1.165) is 0 Å². The number of halogens is 1. The number of anilines is 2. The zero-order valence-electron chi connectivity index (χ0n) is 6.44. The normalized spacial score (nSPS) is 17.6. The van der Waals surface area contributed by atoms with Gasteiger partial charge in [-0.2, -0.15) is 4.98 Å². The molecular formula is C7H9FN4. The monoisotopic (exact) mass is 168 g/mol. The Labute approximate surface area is 69.2 Å². The second-order valence-corrected chi connectivity index (χ2v) is 2.78. The SMILES string of the molecule is Nc1nccc(N2CC(F)C2)n1. The molecule has 1 aliphatic heterocycles. The van der Waals surface area contributed by atoms with E-state index in [1.807, 2.05) is 4.90 Å². The van der Waals surface area contributed by atoms with E-state index in [-0.39, 0.29) is 5.95 Å². The van der Waals surface area contributed by atoms with Gasteiger partial charge in [0.25, 0.3) is 0 Å². The number of aromatic nitrogens is 2. The van der Waals surface area contributed by atoms with E-state index in [1.165, 1.54) is 0 Å². The van der Waals surface area contributed by atoms with E-state index >= 15 is 0 Å². The number of alkyl halides is 1.